The lowest BCUT2D eigenvalue weighted by Crippen LogP contribution is -2.34. The van der Waals surface area contributed by atoms with Crippen molar-refractivity contribution < 1.29 is 9.21 Å². The molecule has 1 unspecified atom stereocenters. The average Bonchev–Trinajstić information content (AvgIpc) is 2.92. The van der Waals surface area contributed by atoms with E-state index in [1.54, 1.807) is 24.6 Å². The predicted molar refractivity (Wildman–Crippen MR) is 79.4 cm³/mol. The first-order valence-corrected chi connectivity index (χ1v) is 6.97. The molecule has 20 heavy (non-hydrogen) atoms. The van der Waals surface area contributed by atoms with Crippen LogP contribution in [0.4, 0.5) is 0 Å². The number of furan rings is 1. The van der Waals surface area contributed by atoms with Crippen molar-refractivity contribution in [2.24, 2.45) is 0 Å². The van der Waals surface area contributed by atoms with Crippen LogP contribution >= 0.6 is 15.9 Å². The predicted octanol–water partition coefficient (Wildman–Crippen LogP) is 2.47. The lowest BCUT2D eigenvalue weighted by Gasteiger charge is -2.22. The first kappa shape index (κ1) is 14.7. The zero-order valence-electron chi connectivity index (χ0n) is 11.3. The standard InChI is InChI=1S/C14H16BrN3O2/c1-18(2)11(12-4-3-7-20-12)9-17-14(19)10-5-6-16-13(15)8-10/h3-8,11H,9H2,1-2H3,(H,17,19). The molecule has 0 aromatic carbocycles. The van der Waals surface area contributed by atoms with Gasteiger partial charge in [0.05, 0.1) is 12.3 Å². The van der Waals surface area contributed by atoms with Crippen molar-refractivity contribution in [3.05, 3.63) is 52.7 Å². The molecule has 0 saturated carbocycles. The van der Waals surface area contributed by atoms with Gasteiger partial charge in [-0.3, -0.25) is 9.69 Å². The summed E-state index contributed by atoms with van der Waals surface area (Å²) in [6.45, 7) is 0.472. The van der Waals surface area contributed by atoms with E-state index in [0.717, 1.165) is 5.76 Å². The number of carbonyl (C=O) groups excluding carboxylic acids is 1. The van der Waals surface area contributed by atoms with E-state index < -0.39 is 0 Å². The van der Waals surface area contributed by atoms with Gasteiger partial charge in [0, 0.05) is 18.3 Å². The average molecular weight is 338 g/mol. The molecule has 0 bridgehead atoms. The number of nitrogens with zero attached hydrogens (tertiary/aromatic N) is 2. The van der Waals surface area contributed by atoms with E-state index in [4.69, 9.17) is 4.42 Å². The van der Waals surface area contributed by atoms with Crippen LogP contribution in [0, 0.1) is 0 Å². The number of hydrogen-bond donors (Lipinski definition) is 1. The van der Waals surface area contributed by atoms with Crippen molar-refractivity contribution in [2.75, 3.05) is 20.6 Å². The summed E-state index contributed by atoms with van der Waals surface area (Å²) in [6, 6.07) is 7.11. The van der Waals surface area contributed by atoms with Gasteiger partial charge >= 0.3 is 0 Å². The lowest BCUT2D eigenvalue weighted by molar-refractivity contribution is 0.0939. The van der Waals surface area contributed by atoms with Gasteiger partial charge < -0.3 is 9.73 Å². The highest BCUT2D eigenvalue weighted by Crippen LogP contribution is 2.17. The fraction of sp³-hybridized carbons (Fsp3) is 0.286. The molecular formula is C14H16BrN3O2. The minimum absolute atomic E-state index is 0.000715. The third-order valence-electron chi connectivity index (χ3n) is 2.94. The second-order valence-corrected chi connectivity index (χ2v) is 5.38. The maximum Gasteiger partial charge on any atom is 0.251 e. The molecule has 0 spiro atoms. The Balaban J connectivity index is 2.01. The van der Waals surface area contributed by atoms with Crippen LogP contribution < -0.4 is 5.32 Å². The number of pyridine rings is 1. The Hall–Kier alpha value is -1.66. The normalized spacial score (nSPS) is 12.4. The molecule has 2 aromatic rings. The number of amides is 1. The Morgan fingerprint density at radius 1 is 1.50 bits per heavy atom. The first-order valence-electron chi connectivity index (χ1n) is 6.17. The van der Waals surface area contributed by atoms with Crippen molar-refractivity contribution >= 4 is 21.8 Å². The summed E-state index contributed by atoms with van der Waals surface area (Å²) in [7, 11) is 3.89. The molecule has 1 amide bonds. The van der Waals surface area contributed by atoms with E-state index in [1.165, 1.54) is 0 Å². The Labute approximate surface area is 126 Å². The van der Waals surface area contributed by atoms with E-state index in [2.05, 4.69) is 26.2 Å². The second kappa shape index (κ2) is 6.67. The minimum atomic E-state index is -0.133. The minimum Gasteiger partial charge on any atom is -0.468 e. The Kier molecular flexibility index (Phi) is 4.92. The molecular weight excluding hydrogens is 322 g/mol. The van der Waals surface area contributed by atoms with Crippen molar-refractivity contribution in [1.82, 2.24) is 15.2 Å². The molecule has 0 radical (unpaired) electrons. The molecule has 0 aliphatic heterocycles. The zero-order chi connectivity index (χ0) is 14.5. The Morgan fingerprint density at radius 3 is 2.90 bits per heavy atom. The molecule has 5 nitrogen and oxygen atoms in total. The van der Waals surface area contributed by atoms with Crippen LogP contribution in [0.3, 0.4) is 0 Å². The lowest BCUT2D eigenvalue weighted by atomic mass is 10.2. The third-order valence-corrected chi connectivity index (χ3v) is 3.37. The molecule has 6 heteroatoms. The maximum atomic E-state index is 12.1. The molecule has 2 heterocycles. The van der Waals surface area contributed by atoms with Gasteiger partial charge in [0.1, 0.15) is 10.4 Å². The summed E-state index contributed by atoms with van der Waals surface area (Å²) in [6.07, 6.45) is 3.22. The highest BCUT2D eigenvalue weighted by Gasteiger charge is 2.18. The number of nitrogens with one attached hydrogen (secondary N) is 1. The Morgan fingerprint density at radius 2 is 2.30 bits per heavy atom. The monoisotopic (exact) mass is 337 g/mol. The molecule has 1 atom stereocenters. The molecule has 1 N–H and O–H groups in total. The van der Waals surface area contributed by atoms with Crippen LogP contribution in [0.25, 0.3) is 0 Å². The topological polar surface area (TPSA) is 58.4 Å². The number of likely N-dealkylation sites (N-methyl/N-ethyl adjacent to an activating group) is 1. The van der Waals surface area contributed by atoms with Gasteiger partial charge in [-0.2, -0.15) is 0 Å². The third kappa shape index (κ3) is 3.68. The molecule has 2 aromatic heterocycles. The van der Waals surface area contributed by atoms with E-state index in [-0.39, 0.29) is 11.9 Å². The van der Waals surface area contributed by atoms with Gasteiger partial charge in [-0.25, -0.2) is 4.98 Å². The van der Waals surface area contributed by atoms with Gasteiger partial charge in [-0.05, 0) is 54.3 Å². The van der Waals surface area contributed by atoms with Gasteiger partial charge in [0.15, 0.2) is 0 Å². The van der Waals surface area contributed by atoms with Crippen LogP contribution in [0.2, 0.25) is 0 Å². The summed E-state index contributed by atoms with van der Waals surface area (Å²) in [5, 5.41) is 2.91. The van der Waals surface area contributed by atoms with E-state index >= 15 is 0 Å². The number of halogens is 1. The summed E-state index contributed by atoms with van der Waals surface area (Å²) < 4.78 is 6.04. The molecule has 106 valence electrons. The highest BCUT2D eigenvalue weighted by atomic mass is 79.9. The van der Waals surface area contributed by atoms with Gasteiger partial charge in [0.2, 0.25) is 0 Å². The fourth-order valence-corrected chi connectivity index (χ4v) is 2.22. The molecule has 0 saturated heterocycles. The number of hydrogen-bond acceptors (Lipinski definition) is 4. The van der Waals surface area contributed by atoms with Crippen LogP contribution in [0.5, 0.6) is 0 Å². The van der Waals surface area contributed by atoms with Crippen molar-refractivity contribution in [3.63, 3.8) is 0 Å². The number of aromatic nitrogens is 1. The van der Waals surface area contributed by atoms with E-state index in [9.17, 15) is 4.79 Å². The number of rotatable bonds is 5. The maximum absolute atomic E-state index is 12.1. The Bertz CT molecular complexity index is 570. The largest absolute Gasteiger partial charge is 0.468 e. The smallest absolute Gasteiger partial charge is 0.251 e. The SMILES string of the molecule is CN(C)C(CNC(=O)c1ccnc(Br)c1)c1ccco1. The van der Waals surface area contributed by atoms with Crippen LogP contribution in [0.1, 0.15) is 22.2 Å². The number of carbonyl (C=O) groups is 1. The van der Waals surface area contributed by atoms with Crippen LogP contribution in [-0.4, -0.2) is 36.4 Å². The molecule has 2 rings (SSSR count). The summed E-state index contributed by atoms with van der Waals surface area (Å²) >= 11 is 3.25. The highest BCUT2D eigenvalue weighted by molar-refractivity contribution is 9.10. The van der Waals surface area contributed by atoms with Crippen LogP contribution in [-0.2, 0) is 0 Å². The van der Waals surface area contributed by atoms with Crippen LogP contribution in [0.15, 0.2) is 45.7 Å². The summed E-state index contributed by atoms with van der Waals surface area (Å²) in [5.74, 6) is 0.692. The van der Waals surface area contributed by atoms with Gasteiger partial charge in [-0.1, -0.05) is 0 Å². The van der Waals surface area contributed by atoms with Crippen molar-refractivity contribution in [3.8, 4) is 0 Å². The fourth-order valence-electron chi connectivity index (χ4n) is 1.85. The summed E-state index contributed by atoms with van der Waals surface area (Å²) in [4.78, 5) is 18.1. The molecule has 0 fully saturated rings. The van der Waals surface area contributed by atoms with Crippen molar-refractivity contribution in [2.45, 2.75) is 6.04 Å². The van der Waals surface area contributed by atoms with Crippen molar-refractivity contribution in [1.29, 1.82) is 0 Å². The first-order chi connectivity index (χ1) is 9.58. The second-order valence-electron chi connectivity index (χ2n) is 4.57. The van der Waals surface area contributed by atoms with E-state index in [1.807, 2.05) is 31.1 Å². The molecule has 0 aliphatic carbocycles. The van der Waals surface area contributed by atoms with Gasteiger partial charge in [-0.15, -0.1) is 0 Å². The molecule has 0 aliphatic rings. The summed E-state index contributed by atoms with van der Waals surface area (Å²) in [5.41, 5.74) is 0.573. The zero-order valence-corrected chi connectivity index (χ0v) is 12.9. The quantitative estimate of drug-likeness (QED) is 0.851. The van der Waals surface area contributed by atoms with Gasteiger partial charge in [0.25, 0.3) is 5.91 Å². The van der Waals surface area contributed by atoms with E-state index in [0.29, 0.717) is 16.7 Å².